The second-order valence-electron chi connectivity index (χ2n) is 7.20. The molecule has 1 fully saturated rings. The molecule has 5 heteroatoms. The third-order valence-corrected chi connectivity index (χ3v) is 4.26. The van der Waals surface area contributed by atoms with E-state index in [-0.39, 0.29) is 0 Å². The van der Waals surface area contributed by atoms with E-state index in [0.29, 0.717) is 18.8 Å². The zero-order valence-corrected chi connectivity index (χ0v) is 14.0. The Morgan fingerprint density at radius 1 is 1.17 bits per heavy atom. The molecule has 126 valence electrons. The van der Waals surface area contributed by atoms with Gasteiger partial charge in [0.1, 0.15) is 11.1 Å². The van der Waals surface area contributed by atoms with Crippen molar-refractivity contribution < 1.29 is 19.4 Å². The molecule has 1 aliphatic carbocycles. The smallest absolute Gasteiger partial charge is 0.408 e. The quantitative estimate of drug-likeness (QED) is 0.891. The van der Waals surface area contributed by atoms with Crippen LogP contribution in [0.2, 0.25) is 0 Å². The molecule has 0 bridgehead atoms. The van der Waals surface area contributed by atoms with E-state index in [1.165, 1.54) is 5.56 Å². The van der Waals surface area contributed by atoms with E-state index in [1.54, 1.807) is 20.8 Å². The second kappa shape index (κ2) is 6.60. The molecule has 0 radical (unpaired) electrons. The monoisotopic (exact) mass is 319 g/mol. The van der Waals surface area contributed by atoms with Crippen LogP contribution in [0.5, 0.6) is 0 Å². The van der Waals surface area contributed by atoms with Crippen LogP contribution < -0.4 is 5.32 Å². The molecule has 2 N–H and O–H groups in total. The molecule has 0 heterocycles. The number of hydrogen-bond acceptors (Lipinski definition) is 3. The van der Waals surface area contributed by atoms with E-state index in [4.69, 9.17) is 4.74 Å². The maximum absolute atomic E-state index is 12.0. The normalized spacial score (nSPS) is 24.7. The number of alkyl carbamates (subject to hydrolysis) is 1. The summed E-state index contributed by atoms with van der Waals surface area (Å²) in [6.07, 6.45) is 1.60. The van der Waals surface area contributed by atoms with Crippen LogP contribution >= 0.6 is 0 Å². The molecule has 0 spiro atoms. The van der Waals surface area contributed by atoms with Crippen molar-refractivity contribution in [1.82, 2.24) is 5.32 Å². The van der Waals surface area contributed by atoms with Crippen molar-refractivity contribution in [2.24, 2.45) is 0 Å². The summed E-state index contributed by atoms with van der Waals surface area (Å²) >= 11 is 0. The Kier molecular flexibility index (Phi) is 4.97. The Morgan fingerprint density at radius 2 is 1.74 bits per heavy atom. The highest BCUT2D eigenvalue weighted by atomic mass is 16.6. The predicted molar refractivity (Wildman–Crippen MR) is 87.4 cm³/mol. The second-order valence-corrected chi connectivity index (χ2v) is 7.20. The van der Waals surface area contributed by atoms with E-state index in [2.05, 4.69) is 17.4 Å². The van der Waals surface area contributed by atoms with Crippen molar-refractivity contribution in [1.29, 1.82) is 0 Å². The van der Waals surface area contributed by atoms with Gasteiger partial charge < -0.3 is 15.2 Å². The summed E-state index contributed by atoms with van der Waals surface area (Å²) in [7, 11) is 0. The number of carboxylic acid groups (broad SMARTS) is 1. The number of hydrogen-bond donors (Lipinski definition) is 2. The molecular weight excluding hydrogens is 294 g/mol. The first-order valence-corrected chi connectivity index (χ1v) is 8.01. The molecule has 1 saturated carbocycles. The lowest BCUT2D eigenvalue weighted by Crippen LogP contribution is -2.57. The standard InChI is InChI=1S/C18H25NO4/c1-17(2,3)23-16(22)19-18(15(20)21)11-9-14(10-12-18)13-7-5-4-6-8-13/h4-8,14H,9-12H2,1-3H3,(H,19,22)(H,20,21)/t14-,18-. The summed E-state index contributed by atoms with van der Waals surface area (Å²) in [4.78, 5) is 23.7. The summed E-state index contributed by atoms with van der Waals surface area (Å²) in [5.74, 6) is -0.654. The molecule has 1 aromatic carbocycles. The number of carboxylic acids is 1. The largest absolute Gasteiger partial charge is 0.480 e. The van der Waals surface area contributed by atoms with Gasteiger partial charge in [-0.05, 0) is 57.9 Å². The summed E-state index contributed by atoms with van der Waals surface area (Å²) in [5.41, 5.74) is -0.651. The van der Waals surface area contributed by atoms with Crippen molar-refractivity contribution in [3.63, 3.8) is 0 Å². The minimum Gasteiger partial charge on any atom is -0.480 e. The molecule has 0 aromatic heterocycles. The Balaban J connectivity index is 2.04. The first kappa shape index (κ1) is 17.3. The van der Waals surface area contributed by atoms with E-state index < -0.39 is 23.2 Å². The van der Waals surface area contributed by atoms with Crippen LogP contribution in [0.25, 0.3) is 0 Å². The summed E-state index contributed by atoms with van der Waals surface area (Å²) in [6, 6.07) is 10.1. The van der Waals surface area contributed by atoms with E-state index in [0.717, 1.165) is 12.8 Å². The SMILES string of the molecule is CC(C)(C)OC(=O)N[C@]1(C(=O)O)CC[C@@H](c2ccccc2)CC1. The minimum atomic E-state index is -1.23. The number of rotatable bonds is 3. The van der Waals surface area contributed by atoms with Crippen LogP contribution in [-0.4, -0.2) is 28.3 Å². The molecule has 1 amide bonds. The number of carbonyl (C=O) groups excluding carboxylic acids is 1. The molecular formula is C18H25NO4. The summed E-state index contributed by atoms with van der Waals surface area (Å²) in [6.45, 7) is 5.27. The number of benzene rings is 1. The fourth-order valence-corrected chi connectivity index (χ4v) is 3.06. The van der Waals surface area contributed by atoms with Crippen LogP contribution in [0, 0.1) is 0 Å². The molecule has 2 rings (SSSR count). The minimum absolute atomic E-state index is 0.337. The number of nitrogens with one attached hydrogen (secondary N) is 1. The first-order chi connectivity index (χ1) is 10.7. The van der Waals surface area contributed by atoms with Gasteiger partial charge in [0.15, 0.2) is 0 Å². The molecule has 5 nitrogen and oxygen atoms in total. The highest BCUT2D eigenvalue weighted by Gasteiger charge is 2.44. The van der Waals surface area contributed by atoms with Crippen LogP contribution in [0.15, 0.2) is 30.3 Å². The van der Waals surface area contributed by atoms with Gasteiger partial charge in [0, 0.05) is 0 Å². The molecule has 1 aromatic rings. The lowest BCUT2D eigenvalue weighted by atomic mass is 9.74. The Morgan fingerprint density at radius 3 is 2.22 bits per heavy atom. The van der Waals surface area contributed by atoms with Gasteiger partial charge in [-0.25, -0.2) is 9.59 Å². The van der Waals surface area contributed by atoms with Crippen LogP contribution in [-0.2, 0) is 9.53 Å². The highest BCUT2D eigenvalue weighted by molar-refractivity contribution is 5.84. The lowest BCUT2D eigenvalue weighted by Gasteiger charge is -2.37. The van der Waals surface area contributed by atoms with Crippen molar-refractivity contribution in [2.45, 2.75) is 63.5 Å². The maximum Gasteiger partial charge on any atom is 0.408 e. The zero-order chi connectivity index (χ0) is 17.1. The first-order valence-electron chi connectivity index (χ1n) is 8.01. The molecule has 0 aliphatic heterocycles. The van der Waals surface area contributed by atoms with E-state index in [9.17, 15) is 14.7 Å². The number of ether oxygens (including phenoxy) is 1. The van der Waals surface area contributed by atoms with Gasteiger partial charge in [0.25, 0.3) is 0 Å². The van der Waals surface area contributed by atoms with Gasteiger partial charge in [-0.1, -0.05) is 30.3 Å². The number of carbonyl (C=O) groups is 2. The third-order valence-electron chi connectivity index (χ3n) is 4.26. The van der Waals surface area contributed by atoms with Crippen LogP contribution in [0.3, 0.4) is 0 Å². The van der Waals surface area contributed by atoms with Gasteiger partial charge in [0.2, 0.25) is 0 Å². The van der Waals surface area contributed by atoms with Gasteiger partial charge in [-0.15, -0.1) is 0 Å². The number of amides is 1. The van der Waals surface area contributed by atoms with Crippen molar-refractivity contribution >= 4 is 12.1 Å². The average molecular weight is 319 g/mol. The summed E-state index contributed by atoms with van der Waals surface area (Å²) < 4.78 is 5.21. The fourth-order valence-electron chi connectivity index (χ4n) is 3.06. The van der Waals surface area contributed by atoms with E-state index >= 15 is 0 Å². The predicted octanol–water partition coefficient (Wildman–Crippen LogP) is 3.69. The Labute approximate surface area is 137 Å². The van der Waals surface area contributed by atoms with Crippen LogP contribution in [0.4, 0.5) is 4.79 Å². The summed E-state index contributed by atoms with van der Waals surface area (Å²) in [5, 5.41) is 12.2. The third kappa shape index (κ3) is 4.47. The topological polar surface area (TPSA) is 75.6 Å². The Bertz CT molecular complexity index is 554. The number of aliphatic carboxylic acids is 1. The van der Waals surface area contributed by atoms with Crippen molar-refractivity contribution in [2.75, 3.05) is 0 Å². The zero-order valence-electron chi connectivity index (χ0n) is 14.0. The van der Waals surface area contributed by atoms with Gasteiger partial charge in [0.05, 0.1) is 0 Å². The highest BCUT2D eigenvalue weighted by Crippen LogP contribution is 2.38. The van der Waals surface area contributed by atoms with Gasteiger partial charge >= 0.3 is 12.1 Å². The van der Waals surface area contributed by atoms with Crippen molar-refractivity contribution in [3.05, 3.63) is 35.9 Å². The average Bonchev–Trinajstić information content (AvgIpc) is 2.46. The van der Waals surface area contributed by atoms with Gasteiger partial charge in [-0.2, -0.15) is 0 Å². The molecule has 0 atom stereocenters. The Hall–Kier alpha value is -2.04. The maximum atomic E-state index is 12.0. The lowest BCUT2D eigenvalue weighted by molar-refractivity contribution is -0.146. The molecule has 0 unspecified atom stereocenters. The molecule has 23 heavy (non-hydrogen) atoms. The van der Waals surface area contributed by atoms with E-state index in [1.807, 2.05) is 18.2 Å². The van der Waals surface area contributed by atoms with Crippen LogP contribution in [0.1, 0.15) is 57.9 Å². The molecule has 1 aliphatic rings. The van der Waals surface area contributed by atoms with Crippen molar-refractivity contribution in [3.8, 4) is 0 Å². The van der Waals surface area contributed by atoms with Gasteiger partial charge in [-0.3, -0.25) is 0 Å². The fraction of sp³-hybridized carbons (Fsp3) is 0.556. The molecule has 0 saturated heterocycles.